The van der Waals surface area contributed by atoms with Crippen LogP contribution in [0.5, 0.6) is 0 Å². The molecule has 0 saturated carbocycles. The number of imidazole rings is 1. The second-order valence-electron chi connectivity index (χ2n) is 10.00. The zero-order chi connectivity index (χ0) is 28.6. The molecule has 0 aliphatic carbocycles. The number of aromatic nitrogens is 4. The van der Waals surface area contributed by atoms with Crippen LogP contribution in [0.3, 0.4) is 0 Å². The maximum Gasteiger partial charge on any atom is 0.416 e. The number of nitrogens with one attached hydrogen (secondary N) is 2. The minimum Gasteiger partial charge on any atom is -0.445 e. The second-order valence-corrected chi connectivity index (χ2v) is 10.00. The SMILES string of the molecule is O=C(OCc1ccccc1)N1CCC(c2c(-c3ccc(C(F)(F)F)cc3)[nH]n(-c3nc4ccccc4[nH]3)c2=O)CC1. The lowest BCUT2D eigenvalue weighted by atomic mass is 9.88. The molecular weight excluding hydrogens is 535 g/mol. The third-order valence-corrected chi connectivity index (χ3v) is 7.38. The van der Waals surface area contributed by atoms with E-state index in [0.29, 0.717) is 48.3 Å². The zero-order valence-corrected chi connectivity index (χ0v) is 21.8. The van der Waals surface area contributed by atoms with Crippen LogP contribution in [0.4, 0.5) is 18.0 Å². The Morgan fingerprint density at radius 3 is 2.32 bits per heavy atom. The van der Waals surface area contributed by atoms with Crippen molar-refractivity contribution in [3.8, 4) is 17.2 Å². The molecule has 0 bridgehead atoms. The van der Waals surface area contributed by atoms with Crippen molar-refractivity contribution in [3.63, 3.8) is 0 Å². The van der Waals surface area contributed by atoms with Gasteiger partial charge in [0.2, 0.25) is 5.95 Å². The fraction of sp³-hybridized carbons (Fsp3) is 0.233. The van der Waals surface area contributed by atoms with Gasteiger partial charge in [0, 0.05) is 18.7 Å². The number of amides is 1. The summed E-state index contributed by atoms with van der Waals surface area (Å²) in [4.78, 5) is 35.8. The maximum absolute atomic E-state index is 13.8. The van der Waals surface area contributed by atoms with Gasteiger partial charge < -0.3 is 14.6 Å². The molecule has 0 spiro atoms. The molecule has 0 atom stereocenters. The van der Waals surface area contributed by atoms with Gasteiger partial charge in [0.25, 0.3) is 5.56 Å². The molecule has 2 N–H and O–H groups in total. The van der Waals surface area contributed by atoms with Gasteiger partial charge >= 0.3 is 12.3 Å². The van der Waals surface area contributed by atoms with Crippen LogP contribution in [0.1, 0.15) is 35.4 Å². The Balaban J connectivity index is 1.29. The molecule has 1 fully saturated rings. The number of nitrogens with zero attached hydrogens (tertiary/aromatic N) is 3. The third kappa shape index (κ3) is 5.34. The lowest BCUT2D eigenvalue weighted by molar-refractivity contribution is -0.137. The zero-order valence-electron chi connectivity index (χ0n) is 21.8. The molecule has 0 unspecified atom stereocenters. The fourth-order valence-electron chi connectivity index (χ4n) is 5.23. The number of benzene rings is 3. The van der Waals surface area contributed by atoms with Crippen LogP contribution >= 0.6 is 0 Å². The van der Waals surface area contributed by atoms with Gasteiger partial charge in [-0.3, -0.25) is 9.89 Å². The Hall–Kier alpha value is -4.80. The van der Waals surface area contributed by atoms with Crippen molar-refractivity contribution in [2.75, 3.05) is 13.1 Å². The molecule has 1 aliphatic rings. The number of hydrogen-bond acceptors (Lipinski definition) is 4. The van der Waals surface area contributed by atoms with Crippen LogP contribution < -0.4 is 5.56 Å². The van der Waals surface area contributed by atoms with Crippen LogP contribution in [0.15, 0.2) is 83.7 Å². The van der Waals surface area contributed by atoms with Crippen LogP contribution in [-0.4, -0.2) is 43.8 Å². The summed E-state index contributed by atoms with van der Waals surface area (Å²) in [6.45, 7) is 0.914. The molecule has 8 nitrogen and oxygen atoms in total. The van der Waals surface area contributed by atoms with E-state index in [0.717, 1.165) is 23.2 Å². The van der Waals surface area contributed by atoms with Gasteiger partial charge in [-0.1, -0.05) is 54.6 Å². The maximum atomic E-state index is 13.8. The van der Waals surface area contributed by atoms with E-state index in [2.05, 4.69) is 15.1 Å². The molecule has 3 heterocycles. The van der Waals surface area contributed by atoms with Gasteiger partial charge in [0.15, 0.2) is 0 Å². The molecule has 11 heteroatoms. The number of H-pyrrole nitrogens is 2. The van der Waals surface area contributed by atoms with Crippen LogP contribution in [0.25, 0.3) is 28.2 Å². The second kappa shape index (κ2) is 10.6. The van der Waals surface area contributed by atoms with Gasteiger partial charge in [-0.25, -0.2) is 9.78 Å². The quantitative estimate of drug-likeness (QED) is 0.265. The minimum absolute atomic E-state index is 0.164. The number of para-hydroxylation sites is 2. The molecule has 210 valence electrons. The van der Waals surface area contributed by atoms with Crippen LogP contribution in [-0.2, 0) is 17.5 Å². The van der Waals surface area contributed by atoms with E-state index < -0.39 is 17.8 Å². The molecule has 41 heavy (non-hydrogen) atoms. The number of rotatable bonds is 5. The average molecular weight is 562 g/mol. The van der Waals surface area contributed by atoms with E-state index in [-0.39, 0.29) is 24.0 Å². The summed E-state index contributed by atoms with van der Waals surface area (Å²) in [7, 11) is 0. The monoisotopic (exact) mass is 561 g/mol. The molecule has 3 aromatic carbocycles. The topological polar surface area (TPSA) is 96.0 Å². The summed E-state index contributed by atoms with van der Waals surface area (Å²) in [5.41, 5.74) is 2.50. The molecular formula is C30H26F3N5O3. The molecule has 1 aliphatic heterocycles. The molecule has 1 amide bonds. The van der Waals surface area contributed by atoms with E-state index in [1.807, 2.05) is 54.6 Å². The number of halogens is 3. The minimum atomic E-state index is -4.48. The highest BCUT2D eigenvalue weighted by Crippen LogP contribution is 2.35. The summed E-state index contributed by atoms with van der Waals surface area (Å²) in [5, 5.41) is 3.10. The number of carbonyl (C=O) groups excluding carboxylic acids is 1. The Morgan fingerprint density at radius 2 is 1.63 bits per heavy atom. The number of carbonyl (C=O) groups is 1. The molecule has 6 rings (SSSR count). The largest absolute Gasteiger partial charge is 0.445 e. The Morgan fingerprint density at radius 1 is 0.951 bits per heavy atom. The van der Waals surface area contributed by atoms with E-state index in [9.17, 15) is 22.8 Å². The Bertz CT molecular complexity index is 1700. The van der Waals surface area contributed by atoms with Crippen molar-refractivity contribution < 1.29 is 22.7 Å². The first-order valence-electron chi connectivity index (χ1n) is 13.2. The van der Waals surface area contributed by atoms with Crippen molar-refractivity contribution in [2.45, 2.75) is 31.5 Å². The van der Waals surface area contributed by atoms with Gasteiger partial charge in [-0.05, 0) is 54.2 Å². The highest BCUT2D eigenvalue weighted by molar-refractivity contribution is 5.76. The van der Waals surface area contributed by atoms with Crippen molar-refractivity contribution in [1.82, 2.24) is 24.6 Å². The highest BCUT2D eigenvalue weighted by Gasteiger charge is 2.33. The fourth-order valence-corrected chi connectivity index (χ4v) is 5.23. The van der Waals surface area contributed by atoms with Crippen molar-refractivity contribution in [2.24, 2.45) is 0 Å². The first-order valence-corrected chi connectivity index (χ1v) is 13.2. The molecule has 1 saturated heterocycles. The molecule has 0 radical (unpaired) electrons. The number of fused-ring (bicyclic) bond motifs is 1. The third-order valence-electron chi connectivity index (χ3n) is 7.38. The number of likely N-dealkylation sites (tertiary alicyclic amines) is 1. The molecule has 2 aromatic heterocycles. The van der Waals surface area contributed by atoms with E-state index in [4.69, 9.17) is 4.74 Å². The summed E-state index contributed by atoms with van der Waals surface area (Å²) >= 11 is 0. The summed E-state index contributed by atoms with van der Waals surface area (Å²) < 4.78 is 46.4. The number of alkyl halides is 3. The smallest absolute Gasteiger partial charge is 0.416 e. The number of ether oxygens (including phenoxy) is 1. The van der Waals surface area contributed by atoms with Gasteiger partial charge in [0.05, 0.1) is 22.3 Å². The van der Waals surface area contributed by atoms with Crippen molar-refractivity contribution in [3.05, 3.63) is 106 Å². The van der Waals surface area contributed by atoms with Gasteiger partial charge in [-0.2, -0.15) is 17.9 Å². The predicted molar refractivity (Wildman–Crippen MR) is 147 cm³/mol. The Labute approximate surface area is 232 Å². The van der Waals surface area contributed by atoms with Gasteiger partial charge in [0.1, 0.15) is 6.61 Å². The lowest BCUT2D eigenvalue weighted by Gasteiger charge is -2.31. The Kier molecular flexibility index (Phi) is 6.86. The first kappa shape index (κ1) is 26.4. The van der Waals surface area contributed by atoms with Crippen molar-refractivity contribution >= 4 is 17.1 Å². The normalized spacial score (nSPS) is 14.5. The average Bonchev–Trinajstić information content (AvgIpc) is 3.57. The van der Waals surface area contributed by atoms with Gasteiger partial charge in [-0.15, -0.1) is 0 Å². The van der Waals surface area contributed by atoms with Crippen LogP contribution in [0.2, 0.25) is 0 Å². The first-order chi connectivity index (χ1) is 19.8. The standard InChI is InChI=1S/C30H26F3N5O3/c31-30(32,33)22-12-10-21(11-13-22)26-25(27(39)38(36-26)28-34-23-8-4-5-9-24(23)35-28)20-14-16-37(17-15-20)29(40)41-18-19-6-2-1-3-7-19/h1-13,20,36H,14-18H2,(H,34,35). The van der Waals surface area contributed by atoms with Crippen molar-refractivity contribution in [1.29, 1.82) is 0 Å². The van der Waals surface area contributed by atoms with E-state index >= 15 is 0 Å². The number of aromatic amines is 2. The van der Waals surface area contributed by atoms with E-state index in [1.165, 1.54) is 16.8 Å². The van der Waals surface area contributed by atoms with Crippen LogP contribution in [0, 0.1) is 0 Å². The van der Waals surface area contributed by atoms with E-state index in [1.54, 1.807) is 4.90 Å². The summed E-state index contributed by atoms with van der Waals surface area (Å²) in [6, 6.07) is 21.4. The number of piperidine rings is 1. The predicted octanol–water partition coefficient (Wildman–Crippen LogP) is 6.24. The number of hydrogen-bond donors (Lipinski definition) is 2. The highest BCUT2D eigenvalue weighted by atomic mass is 19.4. The summed E-state index contributed by atoms with van der Waals surface area (Å²) in [5.74, 6) is 0.0392. The lowest BCUT2D eigenvalue weighted by Crippen LogP contribution is -2.39. The summed E-state index contributed by atoms with van der Waals surface area (Å²) in [6.07, 6.45) is -3.93. The molecule has 5 aromatic rings.